The lowest BCUT2D eigenvalue weighted by Crippen LogP contribution is -2.25. The second kappa shape index (κ2) is 20.6. The van der Waals surface area contributed by atoms with Gasteiger partial charge in [-0.25, -0.2) is 0 Å². The Balaban J connectivity index is 1.06. The van der Waals surface area contributed by atoms with Crippen LogP contribution in [0.3, 0.4) is 0 Å². The van der Waals surface area contributed by atoms with E-state index >= 15 is 0 Å². The van der Waals surface area contributed by atoms with Crippen LogP contribution < -0.4 is 0 Å². The Morgan fingerprint density at radius 1 is 0.269 bits per heavy atom. The van der Waals surface area contributed by atoms with E-state index in [1.54, 1.807) is 33.4 Å². The molecule has 0 fully saturated rings. The molecule has 0 atom stereocenters. The average molecular weight is 883 g/mol. The van der Waals surface area contributed by atoms with Gasteiger partial charge in [-0.1, -0.05) is 240 Å². The van der Waals surface area contributed by atoms with E-state index in [4.69, 9.17) is 0 Å². The minimum Gasteiger partial charge on any atom is -0.0654 e. The van der Waals surface area contributed by atoms with Crippen molar-refractivity contribution in [1.82, 2.24) is 0 Å². The van der Waals surface area contributed by atoms with E-state index in [1.807, 2.05) is 0 Å². The van der Waals surface area contributed by atoms with Crippen molar-refractivity contribution in [3.05, 3.63) is 177 Å². The van der Waals surface area contributed by atoms with Crippen LogP contribution in [0.1, 0.15) is 213 Å². The molecule has 0 saturated carbocycles. The number of hydrogen-bond donors (Lipinski definition) is 0. The van der Waals surface area contributed by atoms with Gasteiger partial charge in [0.2, 0.25) is 0 Å². The molecule has 0 aliphatic heterocycles. The lowest BCUT2D eigenvalue weighted by Gasteiger charge is -2.32. The molecule has 0 saturated heterocycles. The third-order valence-electron chi connectivity index (χ3n) is 16.7. The zero-order valence-corrected chi connectivity index (χ0v) is 42.1. The lowest BCUT2D eigenvalue weighted by atomic mass is 9.70. The summed E-state index contributed by atoms with van der Waals surface area (Å²) in [6, 6.07) is 48.2. The zero-order chi connectivity index (χ0) is 46.4. The molecule has 3 aliphatic carbocycles. The molecule has 346 valence electrons. The van der Waals surface area contributed by atoms with Crippen LogP contribution in [0.25, 0.3) is 57.7 Å². The Morgan fingerprint density at radius 2 is 0.493 bits per heavy atom. The second-order valence-corrected chi connectivity index (χ2v) is 20.8. The standard InChI is InChI=1S/C67H78/c1-7-13-39-65(40-14-8-2)59-25-21-19-23-53(59)55-45-49(31-35-61(55)65)27-29-51-33-37-63-57(47-51)58-48-52(34-38-64(58)67(63,43-17-11-5)44-18-12-6)30-28-50-32-36-62-56(46-50)54-24-20-22-26-60(54)66(62,41-15-9-3)42-16-10-4/h19-38,45-48H,7-18,39-44H2,1-6H3/b29-27+,30-28+. The summed E-state index contributed by atoms with van der Waals surface area (Å²) in [6.07, 6.45) is 31.7. The van der Waals surface area contributed by atoms with Gasteiger partial charge in [0.15, 0.2) is 0 Å². The molecule has 0 aromatic heterocycles. The van der Waals surface area contributed by atoms with E-state index in [0.29, 0.717) is 0 Å². The van der Waals surface area contributed by atoms with E-state index in [0.717, 1.165) is 0 Å². The Bertz CT molecular complexity index is 2530. The molecule has 0 bridgehead atoms. The van der Waals surface area contributed by atoms with Gasteiger partial charge >= 0.3 is 0 Å². The largest absolute Gasteiger partial charge is 0.0654 e. The summed E-state index contributed by atoms with van der Waals surface area (Å²) in [5.74, 6) is 0. The van der Waals surface area contributed by atoms with Gasteiger partial charge in [-0.2, -0.15) is 0 Å². The predicted molar refractivity (Wildman–Crippen MR) is 293 cm³/mol. The Labute approximate surface area is 406 Å². The molecule has 0 nitrogen and oxygen atoms in total. The molecular weight excluding hydrogens is 805 g/mol. The van der Waals surface area contributed by atoms with Gasteiger partial charge in [0.1, 0.15) is 0 Å². The Morgan fingerprint density at radius 3 is 0.746 bits per heavy atom. The molecule has 0 radical (unpaired) electrons. The molecule has 0 heteroatoms. The van der Waals surface area contributed by atoms with Crippen molar-refractivity contribution < 1.29 is 0 Å². The highest BCUT2D eigenvalue weighted by molar-refractivity contribution is 5.88. The summed E-state index contributed by atoms with van der Waals surface area (Å²) in [6.45, 7) is 14.1. The predicted octanol–water partition coefficient (Wildman–Crippen LogP) is 20.0. The Kier molecular flexibility index (Phi) is 14.4. The fraction of sp³-hybridized carbons (Fsp3) is 0.403. The highest BCUT2D eigenvalue weighted by atomic mass is 14.5. The van der Waals surface area contributed by atoms with Crippen LogP contribution >= 0.6 is 0 Å². The molecule has 0 heterocycles. The number of benzene rings is 6. The van der Waals surface area contributed by atoms with E-state index in [1.165, 1.54) is 171 Å². The van der Waals surface area contributed by atoms with Crippen LogP contribution in [0.2, 0.25) is 0 Å². The fourth-order valence-electron chi connectivity index (χ4n) is 13.2. The van der Waals surface area contributed by atoms with Gasteiger partial charge in [-0.15, -0.1) is 0 Å². The molecule has 0 N–H and O–H groups in total. The normalized spacial score (nSPS) is 15.4. The first kappa shape index (κ1) is 46.9. The van der Waals surface area contributed by atoms with Crippen LogP contribution in [0, 0.1) is 0 Å². The quantitative estimate of drug-likeness (QED) is 0.0596. The molecule has 6 aromatic rings. The Hall–Kier alpha value is -5.20. The second-order valence-electron chi connectivity index (χ2n) is 20.8. The van der Waals surface area contributed by atoms with Crippen LogP contribution in [0.4, 0.5) is 0 Å². The molecule has 3 aliphatic rings. The number of hydrogen-bond acceptors (Lipinski definition) is 0. The molecular formula is C67H78. The van der Waals surface area contributed by atoms with Crippen LogP contribution in [0.15, 0.2) is 121 Å². The van der Waals surface area contributed by atoms with Crippen molar-refractivity contribution in [2.24, 2.45) is 0 Å². The van der Waals surface area contributed by atoms with Crippen molar-refractivity contribution >= 4 is 24.3 Å². The summed E-state index contributed by atoms with van der Waals surface area (Å²) in [5.41, 5.74) is 23.4. The number of fused-ring (bicyclic) bond motifs is 9. The molecule has 67 heavy (non-hydrogen) atoms. The first-order chi connectivity index (χ1) is 32.9. The van der Waals surface area contributed by atoms with Crippen LogP contribution in [-0.4, -0.2) is 0 Å². The topological polar surface area (TPSA) is 0 Å². The smallest absolute Gasteiger partial charge is 0.0215 e. The molecule has 0 amide bonds. The van der Waals surface area contributed by atoms with Gasteiger partial charge in [0.25, 0.3) is 0 Å². The maximum Gasteiger partial charge on any atom is 0.0215 e. The summed E-state index contributed by atoms with van der Waals surface area (Å²) in [7, 11) is 0. The van der Waals surface area contributed by atoms with Crippen molar-refractivity contribution in [2.75, 3.05) is 0 Å². The molecule has 6 aromatic carbocycles. The first-order valence-electron chi connectivity index (χ1n) is 27.0. The third-order valence-corrected chi connectivity index (χ3v) is 16.7. The number of unbranched alkanes of at least 4 members (excludes halogenated alkanes) is 6. The van der Waals surface area contributed by atoms with Crippen molar-refractivity contribution in [3.8, 4) is 33.4 Å². The highest BCUT2D eigenvalue weighted by Gasteiger charge is 2.44. The van der Waals surface area contributed by atoms with Crippen molar-refractivity contribution in [3.63, 3.8) is 0 Å². The lowest BCUT2D eigenvalue weighted by molar-refractivity contribution is 0.414. The third kappa shape index (κ3) is 8.55. The highest BCUT2D eigenvalue weighted by Crippen LogP contribution is 2.57. The van der Waals surface area contributed by atoms with Gasteiger partial charge in [-0.3, -0.25) is 0 Å². The van der Waals surface area contributed by atoms with E-state index in [-0.39, 0.29) is 16.2 Å². The maximum atomic E-state index is 2.52. The van der Waals surface area contributed by atoms with E-state index in [2.05, 4.69) is 187 Å². The van der Waals surface area contributed by atoms with Gasteiger partial charge in [-0.05, 0) is 152 Å². The molecule has 9 rings (SSSR count). The summed E-state index contributed by atoms with van der Waals surface area (Å²) < 4.78 is 0. The molecule has 0 spiro atoms. The van der Waals surface area contributed by atoms with E-state index in [9.17, 15) is 0 Å². The average Bonchev–Trinajstić information content (AvgIpc) is 3.92. The minimum absolute atomic E-state index is 0.0615. The number of rotatable bonds is 22. The monoisotopic (exact) mass is 883 g/mol. The van der Waals surface area contributed by atoms with Gasteiger partial charge in [0, 0.05) is 16.2 Å². The van der Waals surface area contributed by atoms with Crippen LogP contribution in [-0.2, 0) is 16.2 Å². The van der Waals surface area contributed by atoms with Crippen molar-refractivity contribution in [2.45, 2.75) is 173 Å². The SMILES string of the molecule is CCCCC1(CCCC)c2ccccc2-c2cc(/C=C/c3ccc4c(c3)-c3cc(/C=C/c5ccc6c(c5)-c5ccccc5C6(CCCC)CCCC)ccc3C4(CCCC)CCCC)ccc21. The zero-order valence-electron chi connectivity index (χ0n) is 42.1. The summed E-state index contributed by atoms with van der Waals surface area (Å²) >= 11 is 0. The van der Waals surface area contributed by atoms with Crippen LogP contribution in [0.5, 0.6) is 0 Å². The van der Waals surface area contributed by atoms with E-state index < -0.39 is 0 Å². The first-order valence-corrected chi connectivity index (χ1v) is 27.0. The van der Waals surface area contributed by atoms with Gasteiger partial charge < -0.3 is 0 Å². The summed E-state index contributed by atoms with van der Waals surface area (Å²) in [4.78, 5) is 0. The summed E-state index contributed by atoms with van der Waals surface area (Å²) in [5, 5.41) is 0. The minimum atomic E-state index is 0.0615. The maximum absolute atomic E-state index is 2.52. The molecule has 0 unspecified atom stereocenters. The van der Waals surface area contributed by atoms with Crippen molar-refractivity contribution in [1.29, 1.82) is 0 Å². The fourth-order valence-corrected chi connectivity index (χ4v) is 13.2. The van der Waals surface area contributed by atoms with Gasteiger partial charge in [0.05, 0.1) is 0 Å².